The quantitative estimate of drug-likeness (QED) is 0.306. The Balaban J connectivity index is 1.52. The molecule has 2 aliphatic rings. The van der Waals surface area contributed by atoms with Crippen LogP contribution in [0.3, 0.4) is 0 Å². The van der Waals surface area contributed by atoms with Crippen molar-refractivity contribution in [3.05, 3.63) is 102 Å². The number of rotatable bonds is 5. The fourth-order valence-electron chi connectivity index (χ4n) is 5.70. The average Bonchev–Trinajstić information content (AvgIpc) is 3.70. The minimum Gasteiger partial charge on any atom is -0.492 e. The molecule has 2 aromatic heterocycles. The standard InChI is InChI=1S/C29H20ClF3N6O4/c1-37-12-34-23(36-37)11-39-28(41)25-22(38(29(39)42)10-13-4-19(31)26(33)20(32)5-13)8-16(15-2-3-43-27(15)25)17-6-14-7-24(40)35-21(14)9-18(17)30/h4-6,8-9,12H,2-3,7,10-11H2,1H3,(H,35,40). The highest BCUT2D eigenvalue weighted by Gasteiger charge is 2.29. The molecular weight excluding hydrogens is 589 g/mol. The van der Waals surface area contributed by atoms with Crippen molar-refractivity contribution in [2.45, 2.75) is 25.9 Å². The predicted octanol–water partition coefficient (Wildman–Crippen LogP) is 3.56. The molecule has 7 rings (SSSR count). The first-order valence-corrected chi connectivity index (χ1v) is 13.5. The van der Waals surface area contributed by atoms with Crippen LogP contribution < -0.4 is 21.3 Å². The van der Waals surface area contributed by atoms with Crippen LogP contribution in [0.1, 0.15) is 22.5 Å². The van der Waals surface area contributed by atoms with Gasteiger partial charge < -0.3 is 10.1 Å². The summed E-state index contributed by atoms with van der Waals surface area (Å²) in [4.78, 5) is 44.0. The van der Waals surface area contributed by atoms with Gasteiger partial charge >= 0.3 is 5.69 Å². The third-order valence-corrected chi connectivity index (χ3v) is 7.93. The molecule has 5 aromatic rings. The topological polar surface area (TPSA) is 113 Å². The van der Waals surface area contributed by atoms with E-state index in [9.17, 15) is 27.6 Å². The van der Waals surface area contributed by atoms with E-state index in [0.717, 1.165) is 22.3 Å². The van der Waals surface area contributed by atoms with E-state index in [2.05, 4.69) is 15.4 Å². The minimum absolute atomic E-state index is 0.0518. The Morgan fingerprint density at radius 3 is 2.49 bits per heavy atom. The Kier molecular flexibility index (Phi) is 6.16. The van der Waals surface area contributed by atoms with Crippen LogP contribution in [0, 0.1) is 17.5 Å². The number of nitrogens with one attached hydrogen (secondary N) is 1. The summed E-state index contributed by atoms with van der Waals surface area (Å²) in [6, 6.07) is 6.61. The van der Waals surface area contributed by atoms with Crippen LogP contribution in [0.4, 0.5) is 18.9 Å². The first kappa shape index (κ1) is 27.0. The van der Waals surface area contributed by atoms with Gasteiger partial charge in [-0.1, -0.05) is 11.6 Å². The number of carbonyl (C=O) groups is 1. The van der Waals surface area contributed by atoms with E-state index in [1.807, 2.05) is 0 Å². The summed E-state index contributed by atoms with van der Waals surface area (Å²) in [6.07, 6.45) is 2.00. The molecule has 43 heavy (non-hydrogen) atoms. The largest absolute Gasteiger partial charge is 0.492 e. The van der Waals surface area contributed by atoms with Crippen LogP contribution in [-0.2, 0) is 37.8 Å². The number of aromatic nitrogens is 5. The van der Waals surface area contributed by atoms with E-state index in [1.165, 1.54) is 15.6 Å². The second kappa shape index (κ2) is 9.83. The lowest BCUT2D eigenvalue weighted by Gasteiger charge is -2.18. The van der Waals surface area contributed by atoms with E-state index in [1.54, 1.807) is 25.2 Å². The van der Waals surface area contributed by atoms with Crippen molar-refractivity contribution in [3.8, 4) is 16.9 Å². The van der Waals surface area contributed by atoms with Gasteiger partial charge in [-0.05, 0) is 47.0 Å². The number of hydrogen-bond donors (Lipinski definition) is 1. The van der Waals surface area contributed by atoms with Crippen molar-refractivity contribution in [1.29, 1.82) is 0 Å². The number of ether oxygens (including phenoxy) is 1. The summed E-state index contributed by atoms with van der Waals surface area (Å²) < 4.78 is 51.6. The second-order valence-electron chi connectivity index (χ2n) is 10.4. The molecule has 0 spiro atoms. The van der Waals surface area contributed by atoms with Gasteiger partial charge in [0, 0.05) is 30.3 Å². The Bertz CT molecular complexity index is 2130. The van der Waals surface area contributed by atoms with Crippen molar-refractivity contribution in [1.82, 2.24) is 23.9 Å². The van der Waals surface area contributed by atoms with E-state index >= 15 is 0 Å². The van der Waals surface area contributed by atoms with Crippen molar-refractivity contribution in [2.24, 2.45) is 7.05 Å². The number of fused-ring (bicyclic) bond motifs is 4. The van der Waals surface area contributed by atoms with Crippen LogP contribution in [0.2, 0.25) is 5.02 Å². The number of anilines is 1. The number of aryl methyl sites for hydroxylation is 1. The van der Waals surface area contributed by atoms with Gasteiger partial charge in [-0.25, -0.2) is 22.9 Å². The molecule has 0 saturated carbocycles. The number of halogens is 4. The lowest BCUT2D eigenvalue weighted by Crippen LogP contribution is -2.41. The maximum absolute atomic E-state index is 14.2. The zero-order chi connectivity index (χ0) is 30.2. The minimum atomic E-state index is -1.64. The Hall–Kier alpha value is -4.91. The van der Waals surface area contributed by atoms with Gasteiger partial charge in [-0.2, -0.15) is 5.10 Å². The maximum Gasteiger partial charge on any atom is 0.332 e. The van der Waals surface area contributed by atoms with Gasteiger partial charge in [0.05, 0.1) is 36.7 Å². The first-order chi connectivity index (χ1) is 20.6. The Morgan fingerprint density at radius 1 is 1.00 bits per heavy atom. The number of carbonyl (C=O) groups excluding carboxylic acids is 1. The lowest BCUT2D eigenvalue weighted by molar-refractivity contribution is -0.115. The molecule has 2 aliphatic heterocycles. The molecule has 3 aromatic carbocycles. The van der Waals surface area contributed by atoms with E-state index < -0.39 is 35.2 Å². The van der Waals surface area contributed by atoms with Crippen molar-refractivity contribution in [3.63, 3.8) is 0 Å². The van der Waals surface area contributed by atoms with E-state index in [-0.39, 0.29) is 53.5 Å². The van der Waals surface area contributed by atoms with Gasteiger partial charge in [0.1, 0.15) is 17.5 Å². The van der Waals surface area contributed by atoms with Gasteiger partial charge in [-0.15, -0.1) is 0 Å². The number of amides is 1. The molecule has 0 fully saturated rings. The highest BCUT2D eigenvalue weighted by molar-refractivity contribution is 6.34. The molecule has 0 aliphatic carbocycles. The zero-order valence-electron chi connectivity index (χ0n) is 22.4. The third-order valence-electron chi connectivity index (χ3n) is 7.61. The molecule has 0 radical (unpaired) electrons. The lowest BCUT2D eigenvalue weighted by atomic mass is 9.94. The molecule has 10 nitrogen and oxygen atoms in total. The Morgan fingerprint density at radius 2 is 1.77 bits per heavy atom. The summed E-state index contributed by atoms with van der Waals surface area (Å²) in [5.41, 5.74) is 1.71. The van der Waals surface area contributed by atoms with E-state index in [0.29, 0.717) is 33.8 Å². The number of hydrogen-bond acceptors (Lipinski definition) is 6. The third kappa shape index (κ3) is 4.38. The van der Waals surface area contributed by atoms with Crippen LogP contribution >= 0.6 is 11.6 Å². The summed E-state index contributed by atoms with van der Waals surface area (Å²) in [7, 11) is 1.63. The summed E-state index contributed by atoms with van der Waals surface area (Å²) in [5, 5.41) is 7.31. The predicted molar refractivity (Wildman–Crippen MR) is 150 cm³/mol. The maximum atomic E-state index is 14.2. The fraction of sp³-hybridized carbons (Fsp3) is 0.207. The monoisotopic (exact) mass is 608 g/mol. The molecular formula is C29H20ClF3N6O4. The second-order valence-corrected chi connectivity index (χ2v) is 10.8. The van der Waals surface area contributed by atoms with Crippen molar-refractivity contribution >= 4 is 34.1 Å². The van der Waals surface area contributed by atoms with Crippen molar-refractivity contribution in [2.75, 3.05) is 11.9 Å². The van der Waals surface area contributed by atoms with Crippen LogP contribution in [-0.4, -0.2) is 36.4 Å². The number of nitrogens with zero attached hydrogens (tertiary/aromatic N) is 5. The molecule has 4 heterocycles. The SMILES string of the molecule is Cn1cnc(Cn2c(=O)c3c4c(c(-c5cc6c(cc5Cl)NC(=O)C6)cc3n(Cc3cc(F)c(F)c(F)c3)c2=O)CCO4)n1. The highest BCUT2D eigenvalue weighted by atomic mass is 35.5. The molecule has 1 amide bonds. The highest BCUT2D eigenvalue weighted by Crippen LogP contribution is 2.44. The van der Waals surface area contributed by atoms with Crippen molar-refractivity contribution < 1.29 is 22.7 Å². The smallest absolute Gasteiger partial charge is 0.332 e. The molecule has 1 N–H and O–H groups in total. The summed E-state index contributed by atoms with van der Waals surface area (Å²) in [5.74, 6) is -4.22. The van der Waals surface area contributed by atoms with Gasteiger partial charge in [0.2, 0.25) is 5.91 Å². The number of benzene rings is 3. The average molecular weight is 609 g/mol. The molecule has 218 valence electrons. The normalized spacial score (nSPS) is 13.7. The van der Waals surface area contributed by atoms with Gasteiger partial charge in [-0.3, -0.25) is 23.4 Å². The van der Waals surface area contributed by atoms with Gasteiger partial charge in [0.25, 0.3) is 5.56 Å². The molecule has 0 atom stereocenters. The van der Waals surface area contributed by atoms with Crippen LogP contribution in [0.15, 0.2) is 46.2 Å². The Labute approximate surface area is 244 Å². The van der Waals surface area contributed by atoms with E-state index in [4.69, 9.17) is 16.3 Å². The van der Waals surface area contributed by atoms with Crippen LogP contribution in [0.5, 0.6) is 5.75 Å². The molecule has 0 unspecified atom stereocenters. The first-order valence-electron chi connectivity index (χ1n) is 13.2. The van der Waals surface area contributed by atoms with Gasteiger partial charge in [0.15, 0.2) is 23.3 Å². The van der Waals surface area contributed by atoms with Crippen LogP contribution in [0.25, 0.3) is 22.0 Å². The molecule has 14 heteroatoms. The molecule has 0 saturated heterocycles. The zero-order valence-corrected chi connectivity index (χ0v) is 23.1. The fourth-order valence-corrected chi connectivity index (χ4v) is 5.97. The molecule has 0 bridgehead atoms. The summed E-state index contributed by atoms with van der Waals surface area (Å²) >= 11 is 6.68. The summed E-state index contributed by atoms with van der Waals surface area (Å²) in [6.45, 7) is -0.443.